The molecule has 0 aromatic carbocycles. The Balaban J connectivity index is 1.70. The zero-order valence-electron chi connectivity index (χ0n) is 13.1. The van der Waals surface area contributed by atoms with Gasteiger partial charge in [0.25, 0.3) is 0 Å². The second kappa shape index (κ2) is 5.49. The maximum Gasteiger partial charge on any atom is 0.224 e. The van der Waals surface area contributed by atoms with Crippen LogP contribution in [0.3, 0.4) is 0 Å². The second-order valence-corrected chi connectivity index (χ2v) is 6.58. The van der Waals surface area contributed by atoms with Crippen LogP contribution in [0.25, 0.3) is 11.2 Å². The third-order valence-corrected chi connectivity index (χ3v) is 4.88. The second-order valence-electron chi connectivity index (χ2n) is 6.58. The Morgan fingerprint density at radius 3 is 2.96 bits per heavy atom. The highest BCUT2D eigenvalue weighted by atomic mass is 16.3. The molecule has 23 heavy (non-hydrogen) atoms. The van der Waals surface area contributed by atoms with Crippen molar-refractivity contribution in [2.45, 2.75) is 37.6 Å². The first-order chi connectivity index (χ1) is 11.2. The van der Waals surface area contributed by atoms with Crippen LogP contribution in [0.15, 0.2) is 18.5 Å². The molecule has 7 heteroatoms. The topological polar surface area (TPSA) is 102 Å². The predicted molar refractivity (Wildman–Crippen MR) is 89.0 cm³/mol. The summed E-state index contributed by atoms with van der Waals surface area (Å²) in [6.07, 6.45) is 11.4. The Kier molecular flexibility index (Phi) is 3.45. The van der Waals surface area contributed by atoms with Gasteiger partial charge in [-0.3, -0.25) is 0 Å². The van der Waals surface area contributed by atoms with Gasteiger partial charge in [0.15, 0.2) is 17.0 Å². The zero-order valence-corrected chi connectivity index (χ0v) is 13.1. The number of anilines is 2. The zero-order chi connectivity index (χ0) is 15.9. The summed E-state index contributed by atoms with van der Waals surface area (Å²) in [5.41, 5.74) is 6.81. The molecule has 2 aromatic rings. The number of aliphatic hydroxyl groups excluding tert-OH is 1. The molecule has 4 N–H and O–H groups in total. The van der Waals surface area contributed by atoms with Crippen LogP contribution in [0.5, 0.6) is 0 Å². The molecule has 0 amide bonds. The molecule has 0 spiro atoms. The minimum atomic E-state index is -0.471. The lowest BCUT2D eigenvalue weighted by Gasteiger charge is -2.27. The normalized spacial score (nSPS) is 23.7. The van der Waals surface area contributed by atoms with Gasteiger partial charge in [0, 0.05) is 6.54 Å². The lowest BCUT2D eigenvalue weighted by atomic mass is 10.0. The Morgan fingerprint density at radius 1 is 1.39 bits per heavy atom. The van der Waals surface area contributed by atoms with Gasteiger partial charge in [-0.15, -0.1) is 0 Å². The Labute approximate surface area is 134 Å². The average molecular weight is 314 g/mol. The molecule has 4 rings (SSSR count). The predicted octanol–water partition coefficient (Wildman–Crippen LogP) is 1.66. The highest BCUT2D eigenvalue weighted by Gasteiger charge is 2.33. The average Bonchev–Trinajstić information content (AvgIpc) is 3.08. The molecule has 2 aliphatic carbocycles. The van der Waals surface area contributed by atoms with Crippen LogP contribution in [0.2, 0.25) is 0 Å². The van der Waals surface area contributed by atoms with Gasteiger partial charge in [0.2, 0.25) is 5.95 Å². The van der Waals surface area contributed by atoms with E-state index in [1.165, 1.54) is 12.8 Å². The maximum absolute atomic E-state index is 9.91. The molecule has 1 saturated carbocycles. The van der Waals surface area contributed by atoms with Crippen molar-refractivity contribution in [2.75, 3.05) is 24.2 Å². The molecule has 0 radical (unpaired) electrons. The van der Waals surface area contributed by atoms with Crippen LogP contribution in [-0.2, 0) is 5.54 Å². The first-order valence-corrected chi connectivity index (χ1v) is 8.25. The number of fused-ring (bicyclic) bond motifs is 1. The van der Waals surface area contributed by atoms with E-state index in [1.807, 2.05) is 10.6 Å². The maximum atomic E-state index is 9.91. The van der Waals surface area contributed by atoms with Crippen molar-refractivity contribution in [2.24, 2.45) is 5.92 Å². The molecule has 2 heterocycles. The van der Waals surface area contributed by atoms with Crippen molar-refractivity contribution < 1.29 is 5.11 Å². The molecule has 122 valence electrons. The van der Waals surface area contributed by atoms with E-state index in [9.17, 15) is 5.11 Å². The number of nitrogen functional groups attached to an aromatic ring is 1. The molecule has 1 unspecified atom stereocenters. The minimum Gasteiger partial charge on any atom is -0.394 e. The third-order valence-electron chi connectivity index (χ3n) is 4.88. The summed E-state index contributed by atoms with van der Waals surface area (Å²) in [5, 5.41) is 13.3. The van der Waals surface area contributed by atoms with Crippen LogP contribution >= 0.6 is 0 Å². The van der Waals surface area contributed by atoms with Crippen molar-refractivity contribution in [1.29, 1.82) is 0 Å². The fourth-order valence-corrected chi connectivity index (χ4v) is 3.30. The van der Waals surface area contributed by atoms with Crippen LogP contribution in [0, 0.1) is 5.92 Å². The van der Waals surface area contributed by atoms with Crippen LogP contribution < -0.4 is 11.1 Å². The minimum absolute atomic E-state index is 0.0172. The molecule has 0 aliphatic heterocycles. The SMILES string of the molecule is Nc1nc(NCCC2CC2)c2ncn(C3(CO)C=CCC3)c2n1. The number of nitrogens with two attached hydrogens (primary N) is 1. The molecule has 1 atom stereocenters. The smallest absolute Gasteiger partial charge is 0.224 e. The standard InChI is InChI=1S/C16H22N6O/c17-15-20-13(18-8-5-11-3-4-11)12-14(21-15)22(10-19-12)16(9-23)6-1-2-7-16/h1,6,10-11,23H,2-5,7-9H2,(H3,17,18,20,21). The van der Waals surface area contributed by atoms with E-state index < -0.39 is 5.54 Å². The Morgan fingerprint density at radius 2 is 2.26 bits per heavy atom. The van der Waals surface area contributed by atoms with Crippen molar-refractivity contribution in [3.8, 4) is 0 Å². The van der Waals surface area contributed by atoms with Crippen LogP contribution in [-0.4, -0.2) is 37.8 Å². The Bertz CT molecular complexity index is 750. The number of hydrogen-bond acceptors (Lipinski definition) is 6. The van der Waals surface area contributed by atoms with E-state index in [0.717, 1.165) is 31.7 Å². The number of imidazole rings is 1. The van der Waals surface area contributed by atoms with Crippen molar-refractivity contribution in [1.82, 2.24) is 19.5 Å². The summed E-state index contributed by atoms with van der Waals surface area (Å²) in [5.74, 6) is 1.77. The van der Waals surface area contributed by atoms with E-state index in [4.69, 9.17) is 5.73 Å². The van der Waals surface area contributed by atoms with Crippen molar-refractivity contribution in [3.05, 3.63) is 18.5 Å². The van der Waals surface area contributed by atoms with E-state index in [0.29, 0.717) is 17.0 Å². The number of nitrogens with zero attached hydrogens (tertiary/aromatic N) is 4. The van der Waals surface area contributed by atoms with Gasteiger partial charge in [-0.1, -0.05) is 25.0 Å². The lowest BCUT2D eigenvalue weighted by molar-refractivity contribution is 0.174. The molecule has 0 bridgehead atoms. The highest BCUT2D eigenvalue weighted by molar-refractivity contribution is 5.84. The van der Waals surface area contributed by atoms with Gasteiger partial charge in [-0.2, -0.15) is 9.97 Å². The van der Waals surface area contributed by atoms with Gasteiger partial charge in [-0.25, -0.2) is 4.98 Å². The molecule has 1 fully saturated rings. The summed E-state index contributed by atoms with van der Waals surface area (Å²) < 4.78 is 1.93. The summed E-state index contributed by atoms with van der Waals surface area (Å²) in [7, 11) is 0. The third kappa shape index (κ3) is 2.55. The van der Waals surface area contributed by atoms with E-state index in [-0.39, 0.29) is 12.6 Å². The van der Waals surface area contributed by atoms with Crippen LogP contribution in [0.4, 0.5) is 11.8 Å². The first-order valence-electron chi connectivity index (χ1n) is 8.25. The van der Waals surface area contributed by atoms with Gasteiger partial charge in [0.1, 0.15) is 0 Å². The molecule has 7 nitrogen and oxygen atoms in total. The van der Waals surface area contributed by atoms with Gasteiger partial charge in [-0.05, 0) is 25.2 Å². The molecule has 0 saturated heterocycles. The highest BCUT2D eigenvalue weighted by Crippen LogP contribution is 2.34. The fraction of sp³-hybridized carbons (Fsp3) is 0.562. The van der Waals surface area contributed by atoms with Gasteiger partial charge < -0.3 is 20.7 Å². The molecular formula is C16H22N6O. The number of rotatable bonds is 6. The Hall–Kier alpha value is -2.15. The van der Waals surface area contributed by atoms with Gasteiger partial charge in [0.05, 0.1) is 18.5 Å². The summed E-state index contributed by atoms with van der Waals surface area (Å²) >= 11 is 0. The summed E-state index contributed by atoms with van der Waals surface area (Å²) in [6, 6.07) is 0. The molecule has 2 aromatic heterocycles. The monoisotopic (exact) mass is 314 g/mol. The van der Waals surface area contributed by atoms with E-state index >= 15 is 0 Å². The van der Waals surface area contributed by atoms with E-state index in [2.05, 4.69) is 26.3 Å². The van der Waals surface area contributed by atoms with Crippen LogP contribution in [0.1, 0.15) is 32.1 Å². The van der Waals surface area contributed by atoms with Gasteiger partial charge >= 0.3 is 0 Å². The van der Waals surface area contributed by atoms with Crippen molar-refractivity contribution >= 4 is 22.9 Å². The summed E-state index contributed by atoms with van der Waals surface area (Å²) in [4.78, 5) is 13.2. The quantitative estimate of drug-likeness (QED) is 0.701. The van der Waals surface area contributed by atoms with Crippen molar-refractivity contribution in [3.63, 3.8) is 0 Å². The number of hydrogen-bond donors (Lipinski definition) is 3. The largest absolute Gasteiger partial charge is 0.394 e. The summed E-state index contributed by atoms with van der Waals surface area (Å²) in [6.45, 7) is 0.886. The number of aromatic nitrogens is 4. The van der Waals surface area contributed by atoms with E-state index in [1.54, 1.807) is 6.33 Å². The number of allylic oxidation sites excluding steroid dienone is 1. The lowest BCUT2D eigenvalue weighted by Crippen LogP contribution is -2.33. The fourth-order valence-electron chi connectivity index (χ4n) is 3.30. The molecule has 2 aliphatic rings. The molecular weight excluding hydrogens is 292 g/mol. The number of aliphatic hydroxyl groups is 1. The number of nitrogens with one attached hydrogen (secondary N) is 1. The first kappa shape index (κ1) is 14.4.